The highest BCUT2D eigenvalue weighted by Crippen LogP contribution is 2.18. The average Bonchev–Trinajstić information content (AvgIpc) is 2.71. The van der Waals surface area contributed by atoms with Crippen molar-refractivity contribution in [2.24, 2.45) is 0 Å². The number of nitrogens with zero attached hydrogens (tertiary/aromatic N) is 1. The van der Waals surface area contributed by atoms with Gasteiger partial charge < -0.3 is 10.2 Å². The van der Waals surface area contributed by atoms with Crippen LogP contribution in [0.1, 0.15) is 75.6 Å². The van der Waals surface area contributed by atoms with Crippen LogP contribution in [0.15, 0.2) is 48.5 Å². The second-order valence-electron chi connectivity index (χ2n) is 8.99. The van der Waals surface area contributed by atoms with Crippen LogP contribution in [0.3, 0.4) is 0 Å². The Kier molecular flexibility index (Phi) is 9.29. The highest BCUT2D eigenvalue weighted by molar-refractivity contribution is 5.87. The van der Waals surface area contributed by atoms with Gasteiger partial charge >= 0.3 is 0 Å². The van der Waals surface area contributed by atoms with Gasteiger partial charge in [0, 0.05) is 19.0 Å². The van der Waals surface area contributed by atoms with Gasteiger partial charge in [0.25, 0.3) is 0 Å². The van der Waals surface area contributed by atoms with Crippen LogP contribution in [0, 0.1) is 6.92 Å². The molecule has 2 aromatic rings. The van der Waals surface area contributed by atoms with E-state index in [-0.39, 0.29) is 17.9 Å². The third kappa shape index (κ3) is 7.54. The molecule has 4 nitrogen and oxygen atoms in total. The lowest BCUT2D eigenvalue weighted by Gasteiger charge is -2.31. The van der Waals surface area contributed by atoms with Crippen molar-refractivity contribution in [3.63, 3.8) is 0 Å². The molecule has 4 heteroatoms. The topological polar surface area (TPSA) is 49.4 Å². The van der Waals surface area contributed by atoms with Gasteiger partial charge in [-0.3, -0.25) is 9.59 Å². The Morgan fingerprint density at radius 3 is 2.19 bits per heavy atom. The Hall–Kier alpha value is -2.62. The van der Waals surface area contributed by atoms with E-state index in [1.54, 1.807) is 4.90 Å². The molecule has 1 atom stereocenters. The second-order valence-corrected chi connectivity index (χ2v) is 8.99. The van der Waals surface area contributed by atoms with Gasteiger partial charge in [-0.05, 0) is 56.2 Å². The Bertz CT molecular complexity index is 856. The maximum atomic E-state index is 13.3. The van der Waals surface area contributed by atoms with Crippen LogP contribution in [0.5, 0.6) is 0 Å². The lowest BCUT2D eigenvalue weighted by Crippen LogP contribution is -2.50. The molecular weight excluding hydrogens is 384 g/mol. The molecule has 168 valence electrons. The van der Waals surface area contributed by atoms with Gasteiger partial charge in [0.15, 0.2) is 0 Å². The molecule has 0 aliphatic rings. The van der Waals surface area contributed by atoms with Crippen molar-refractivity contribution in [1.29, 1.82) is 0 Å². The van der Waals surface area contributed by atoms with E-state index in [9.17, 15) is 9.59 Å². The van der Waals surface area contributed by atoms with Gasteiger partial charge in [-0.1, -0.05) is 74.9 Å². The summed E-state index contributed by atoms with van der Waals surface area (Å²) in [4.78, 5) is 27.9. The highest BCUT2D eigenvalue weighted by atomic mass is 16.2. The zero-order chi connectivity index (χ0) is 23.0. The molecule has 0 aliphatic heterocycles. The summed E-state index contributed by atoms with van der Waals surface area (Å²) in [6.45, 7) is 12.7. The lowest BCUT2D eigenvalue weighted by molar-refractivity contribution is -0.141. The standard InChI is InChI=1S/C27H38N2O2/c1-7-25(27(31)28-20(4)5)29(18-23-10-8-9-21(6)17-23)26(30)16-13-22-11-14-24(15-12-22)19(2)3/h8-12,14-15,17,19-20,25H,7,13,16,18H2,1-6H3,(H,28,31). The molecule has 2 aromatic carbocycles. The van der Waals surface area contributed by atoms with Gasteiger partial charge in [-0.15, -0.1) is 0 Å². The third-order valence-electron chi connectivity index (χ3n) is 5.53. The number of aryl methyl sites for hydroxylation is 2. The molecular formula is C27H38N2O2. The van der Waals surface area contributed by atoms with E-state index in [2.05, 4.69) is 49.5 Å². The first-order chi connectivity index (χ1) is 14.7. The molecule has 0 saturated carbocycles. The molecule has 0 aliphatic carbocycles. The van der Waals surface area contributed by atoms with Crippen molar-refractivity contribution < 1.29 is 9.59 Å². The van der Waals surface area contributed by atoms with E-state index in [1.807, 2.05) is 45.9 Å². The minimum absolute atomic E-state index is 0.0141. The summed E-state index contributed by atoms with van der Waals surface area (Å²) in [6, 6.07) is 16.2. The highest BCUT2D eigenvalue weighted by Gasteiger charge is 2.28. The van der Waals surface area contributed by atoms with Gasteiger partial charge in [0.05, 0.1) is 0 Å². The van der Waals surface area contributed by atoms with E-state index in [0.717, 1.165) is 16.7 Å². The number of rotatable bonds is 10. The van der Waals surface area contributed by atoms with E-state index >= 15 is 0 Å². The molecule has 0 heterocycles. The van der Waals surface area contributed by atoms with Crippen LogP contribution in [0.4, 0.5) is 0 Å². The van der Waals surface area contributed by atoms with E-state index in [4.69, 9.17) is 0 Å². The summed E-state index contributed by atoms with van der Waals surface area (Å²) in [5, 5.41) is 2.98. The number of hydrogen-bond donors (Lipinski definition) is 1. The minimum atomic E-state index is -0.473. The minimum Gasteiger partial charge on any atom is -0.352 e. The Morgan fingerprint density at radius 1 is 0.968 bits per heavy atom. The van der Waals surface area contributed by atoms with Crippen LogP contribution in [-0.4, -0.2) is 28.8 Å². The maximum absolute atomic E-state index is 13.3. The average molecular weight is 423 g/mol. The van der Waals surface area contributed by atoms with Gasteiger partial charge in [0.2, 0.25) is 11.8 Å². The number of carbonyl (C=O) groups excluding carboxylic acids is 2. The SMILES string of the molecule is CCC(C(=O)NC(C)C)N(Cc1cccc(C)c1)C(=O)CCc1ccc(C(C)C)cc1. The van der Waals surface area contributed by atoms with Crippen molar-refractivity contribution in [3.8, 4) is 0 Å². The third-order valence-corrected chi connectivity index (χ3v) is 5.53. The Labute approximate surface area is 188 Å². The smallest absolute Gasteiger partial charge is 0.243 e. The summed E-state index contributed by atoms with van der Waals surface area (Å²) >= 11 is 0. The fourth-order valence-electron chi connectivity index (χ4n) is 3.77. The zero-order valence-corrected chi connectivity index (χ0v) is 19.9. The van der Waals surface area contributed by atoms with Crippen LogP contribution < -0.4 is 5.32 Å². The molecule has 0 bridgehead atoms. The second kappa shape index (κ2) is 11.7. The summed E-state index contributed by atoms with van der Waals surface area (Å²) in [5.41, 5.74) is 4.64. The van der Waals surface area contributed by atoms with Crippen LogP contribution in [0.2, 0.25) is 0 Å². The van der Waals surface area contributed by atoms with Crippen molar-refractivity contribution in [3.05, 3.63) is 70.8 Å². The van der Waals surface area contributed by atoms with Crippen LogP contribution in [-0.2, 0) is 22.6 Å². The summed E-state index contributed by atoms with van der Waals surface area (Å²) < 4.78 is 0. The van der Waals surface area contributed by atoms with Crippen molar-refractivity contribution >= 4 is 11.8 Å². The molecule has 0 fully saturated rings. The molecule has 1 N–H and O–H groups in total. The molecule has 0 aromatic heterocycles. The summed E-state index contributed by atoms with van der Waals surface area (Å²) in [5.74, 6) is 0.422. The molecule has 2 rings (SSSR count). The fourth-order valence-corrected chi connectivity index (χ4v) is 3.77. The van der Waals surface area contributed by atoms with Crippen molar-refractivity contribution in [2.45, 2.75) is 85.4 Å². The number of amides is 2. The molecule has 31 heavy (non-hydrogen) atoms. The Balaban J connectivity index is 2.18. The molecule has 2 amide bonds. The van der Waals surface area contributed by atoms with Gasteiger partial charge in [-0.25, -0.2) is 0 Å². The molecule has 0 saturated heterocycles. The normalized spacial score (nSPS) is 12.1. The quantitative estimate of drug-likeness (QED) is 0.559. The van der Waals surface area contributed by atoms with Gasteiger partial charge in [0.1, 0.15) is 6.04 Å². The number of benzene rings is 2. The first kappa shape index (κ1) is 24.6. The summed E-state index contributed by atoms with van der Waals surface area (Å²) in [6.07, 6.45) is 1.64. The van der Waals surface area contributed by atoms with Crippen LogP contribution >= 0.6 is 0 Å². The van der Waals surface area contributed by atoms with Gasteiger partial charge in [-0.2, -0.15) is 0 Å². The predicted molar refractivity (Wildman–Crippen MR) is 128 cm³/mol. The van der Waals surface area contributed by atoms with E-state index in [0.29, 0.717) is 31.7 Å². The number of hydrogen-bond acceptors (Lipinski definition) is 2. The molecule has 0 radical (unpaired) electrons. The number of carbonyl (C=O) groups is 2. The largest absolute Gasteiger partial charge is 0.352 e. The molecule has 0 spiro atoms. The summed E-state index contributed by atoms with van der Waals surface area (Å²) in [7, 11) is 0. The lowest BCUT2D eigenvalue weighted by atomic mass is 10.00. The molecule has 1 unspecified atom stereocenters. The monoisotopic (exact) mass is 422 g/mol. The van der Waals surface area contributed by atoms with Crippen molar-refractivity contribution in [2.75, 3.05) is 0 Å². The fraction of sp³-hybridized carbons (Fsp3) is 0.481. The maximum Gasteiger partial charge on any atom is 0.243 e. The van der Waals surface area contributed by atoms with E-state index in [1.165, 1.54) is 5.56 Å². The van der Waals surface area contributed by atoms with E-state index < -0.39 is 6.04 Å². The predicted octanol–water partition coefficient (Wildman–Crippen LogP) is 5.38. The number of nitrogens with one attached hydrogen (secondary N) is 1. The first-order valence-corrected chi connectivity index (χ1v) is 11.5. The first-order valence-electron chi connectivity index (χ1n) is 11.5. The zero-order valence-electron chi connectivity index (χ0n) is 19.9. The van der Waals surface area contributed by atoms with Crippen LogP contribution in [0.25, 0.3) is 0 Å². The van der Waals surface area contributed by atoms with Crippen molar-refractivity contribution in [1.82, 2.24) is 10.2 Å². The Morgan fingerprint density at radius 2 is 1.65 bits per heavy atom.